The van der Waals surface area contributed by atoms with Crippen LogP contribution in [0.3, 0.4) is 0 Å². The van der Waals surface area contributed by atoms with Crippen molar-refractivity contribution in [3.05, 3.63) is 6.33 Å². The lowest BCUT2D eigenvalue weighted by molar-refractivity contribution is -0.301. The topological polar surface area (TPSA) is 80.1 Å². The summed E-state index contributed by atoms with van der Waals surface area (Å²) in [6, 6.07) is 0. The van der Waals surface area contributed by atoms with E-state index in [1.165, 1.54) is 6.33 Å². The van der Waals surface area contributed by atoms with Crippen LogP contribution in [0.4, 0.5) is 0 Å². The molecule has 1 heterocycles. The van der Waals surface area contributed by atoms with Crippen LogP contribution in [-0.2, 0) is 16.1 Å². The molecule has 0 aromatic carbocycles. The molecule has 0 atom stereocenters. The normalized spacial score (nSPS) is 10.4. The van der Waals surface area contributed by atoms with E-state index in [1.54, 1.807) is 11.7 Å². The van der Waals surface area contributed by atoms with Gasteiger partial charge in [0.15, 0.2) is 5.16 Å². The number of methoxy groups -OCH3 is 1. The summed E-state index contributed by atoms with van der Waals surface area (Å²) in [5.41, 5.74) is 0. The SMILES string of the molecule is COCCn1cnnc1SCC(=O)[O-]. The number of nitrogens with zero attached hydrogens (tertiary/aromatic N) is 3. The number of carbonyl (C=O) groups is 1. The van der Waals surface area contributed by atoms with Crippen molar-refractivity contribution in [1.82, 2.24) is 14.8 Å². The molecule has 7 heteroatoms. The Morgan fingerprint density at radius 1 is 1.79 bits per heavy atom. The molecule has 0 amide bonds. The highest BCUT2D eigenvalue weighted by molar-refractivity contribution is 7.99. The first kappa shape index (κ1) is 11.0. The fraction of sp³-hybridized carbons (Fsp3) is 0.571. The molecule has 0 aliphatic rings. The van der Waals surface area contributed by atoms with Crippen LogP contribution in [0.25, 0.3) is 0 Å². The molecule has 1 aromatic rings. The minimum Gasteiger partial charge on any atom is -0.549 e. The van der Waals surface area contributed by atoms with Crippen LogP contribution in [0.5, 0.6) is 0 Å². The van der Waals surface area contributed by atoms with Crippen molar-refractivity contribution < 1.29 is 14.6 Å². The molecule has 0 saturated carbocycles. The second-order valence-electron chi connectivity index (χ2n) is 2.46. The Morgan fingerprint density at radius 3 is 3.21 bits per heavy atom. The summed E-state index contributed by atoms with van der Waals surface area (Å²) >= 11 is 1.08. The van der Waals surface area contributed by atoms with E-state index in [2.05, 4.69) is 10.2 Å². The lowest BCUT2D eigenvalue weighted by Crippen LogP contribution is -2.24. The second kappa shape index (κ2) is 5.61. The van der Waals surface area contributed by atoms with Crippen LogP contribution < -0.4 is 5.11 Å². The van der Waals surface area contributed by atoms with Crippen molar-refractivity contribution in [2.45, 2.75) is 11.7 Å². The van der Waals surface area contributed by atoms with E-state index >= 15 is 0 Å². The zero-order valence-electron chi connectivity index (χ0n) is 7.67. The van der Waals surface area contributed by atoms with Gasteiger partial charge in [-0.15, -0.1) is 10.2 Å². The Labute approximate surface area is 85.3 Å². The largest absolute Gasteiger partial charge is 0.549 e. The highest BCUT2D eigenvalue weighted by atomic mass is 32.2. The minimum absolute atomic E-state index is 0.119. The lowest BCUT2D eigenvalue weighted by atomic mass is 10.7. The molecule has 1 rings (SSSR count). The molecule has 0 fully saturated rings. The predicted molar refractivity (Wildman–Crippen MR) is 47.6 cm³/mol. The molecular weight excluding hydrogens is 206 g/mol. The monoisotopic (exact) mass is 216 g/mol. The minimum atomic E-state index is -1.11. The predicted octanol–water partition coefficient (Wildman–Crippen LogP) is -1.23. The highest BCUT2D eigenvalue weighted by Crippen LogP contribution is 2.13. The first-order chi connectivity index (χ1) is 6.74. The number of hydrogen-bond donors (Lipinski definition) is 0. The molecule has 0 aliphatic heterocycles. The molecule has 0 spiro atoms. The molecule has 14 heavy (non-hydrogen) atoms. The molecule has 0 aliphatic carbocycles. The van der Waals surface area contributed by atoms with Gasteiger partial charge in [0.1, 0.15) is 6.33 Å². The quantitative estimate of drug-likeness (QED) is 0.554. The number of hydrogen-bond acceptors (Lipinski definition) is 6. The van der Waals surface area contributed by atoms with Gasteiger partial charge >= 0.3 is 0 Å². The zero-order valence-corrected chi connectivity index (χ0v) is 8.49. The van der Waals surface area contributed by atoms with Crippen LogP contribution in [0.2, 0.25) is 0 Å². The second-order valence-corrected chi connectivity index (χ2v) is 3.40. The summed E-state index contributed by atoms with van der Waals surface area (Å²) in [6.45, 7) is 1.15. The van der Waals surface area contributed by atoms with Crippen molar-refractivity contribution >= 4 is 17.7 Å². The van der Waals surface area contributed by atoms with E-state index in [4.69, 9.17) is 4.74 Å². The number of carbonyl (C=O) groups excluding carboxylic acids is 1. The number of carboxylic acid groups (broad SMARTS) is 1. The molecule has 1 aromatic heterocycles. The van der Waals surface area contributed by atoms with Crippen LogP contribution in [0.1, 0.15) is 0 Å². The first-order valence-electron chi connectivity index (χ1n) is 3.93. The number of ether oxygens (including phenoxy) is 1. The maximum absolute atomic E-state index is 10.2. The van der Waals surface area contributed by atoms with E-state index < -0.39 is 5.97 Å². The standard InChI is InChI=1S/C7H11N3O3S/c1-13-3-2-10-5-8-9-7(10)14-4-6(11)12/h5H,2-4H2,1H3,(H,11,12)/p-1. The third-order valence-corrected chi connectivity index (χ3v) is 2.39. The fourth-order valence-corrected chi connectivity index (χ4v) is 1.48. The van der Waals surface area contributed by atoms with Gasteiger partial charge in [0.25, 0.3) is 0 Å². The van der Waals surface area contributed by atoms with Gasteiger partial charge in [-0.2, -0.15) is 0 Å². The lowest BCUT2D eigenvalue weighted by Gasteiger charge is -2.05. The number of aromatic nitrogens is 3. The fourth-order valence-electron chi connectivity index (χ4n) is 0.823. The van der Waals surface area contributed by atoms with Crippen molar-refractivity contribution in [3.8, 4) is 0 Å². The van der Waals surface area contributed by atoms with E-state index in [0.717, 1.165) is 11.8 Å². The Morgan fingerprint density at radius 2 is 2.57 bits per heavy atom. The molecule has 6 nitrogen and oxygen atoms in total. The molecule has 0 bridgehead atoms. The van der Waals surface area contributed by atoms with Gasteiger partial charge in [-0.25, -0.2) is 0 Å². The van der Waals surface area contributed by atoms with Crippen molar-refractivity contribution in [2.24, 2.45) is 0 Å². The average molecular weight is 216 g/mol. The van der Waals surface area contributed by atoms with Gasteiger partial charge in [-0.05, 0) is 0 Å². The van der Waals surface area contributed by atoms with Crippen LogP contribution >= 0.6 is 11.8 Å². The Hall–Kier alpha value is -1.08. The number of aliphatic carboxylic acids is 1. The summed E-state index contributed by atoms with van der Waals surface area (Å²) in [6.07, 6.45) is 1.54. The van der Waals surface area contributed by atoms with Crippen molar-refractivity contribution in [1.29, 1.82) is 0 Å². The molecular formula is C7H10N3O3S-. The summed E-state index contributed by atoms with van der Waals surface area (Å²) < 4.78 is 6.61. The molecule has 0 unspecified atom stereocenters. The smallest absolute Gasteiger partial charge is 0.191 e. The molecule has 78 valence electrons. The summed E-state index contributed by atoms with van der Waals surface area (Å²) in [5, 5.41) is 18.2. The zero-order chi connectivity index (χ0) is 10.4. The Kier molecular flexibility index (Phi) is 4.41. The Bertz CT molecular complexity index is 302. The van der Waals surface area contributed by atoms with E-state index in [9.17, 15) is 9.90 Å². The van der Waals surface area contributed by atoms with Crippen molar-refractivity contribution in [3.63, 3.8) is 0 Å². The maximum Gasteiger partial charge on any atom is 0.191 e. The number of rotatable bonds is 6. The summed E-state index contributed by atoms with van der Waals surface area (Å²) in [4.78, 5) is 10.2. The van der Waals surface area contributed by atoms with Gasteiger partial charge in [-0.3, -0.25) is 0 Å². The number of carboxylic acids is 1. The van der Waals surface area contributed by atoms with Gasteiger partial charge < -0.3 is 19.2 Å². The van der Waals surface area contributed by atoms with Crippen molar-refractivity contribution in [2.75, 3.05) is 19.5 Å². The summed E-state index contributed by atoms with van der Waals surface area (Å²) in [5.74, 6) is -1.23. The first-order valence-corrected chi connectivity index (χ1v) is 4.92. The van der Waals surface area contributed by atoms with E-state index in [-0.39, 0.29) is 5.75 Å². The van der Waals surface area contributed by atoms with Crippen LogP contribution in [-0.4, -0.2) is 40.2 Å². The maximum atomic E-state index is 10.2. The van der Waals surface area contributed by atoms with Crippen LogP contribution in [0, 0.1) is 0 Å². The van der Waals surface area contributed by atoms with Gasteiger partial charge in [0.2, 0.25) is 0 Å². The van der Waals surface area contributed by atoms with Gasteiger partial charge in [0.05, 0.1) is 12.6 Å². The molecule has 0 radical (unpaired) electrons. The van der Waals surface area contributed by atoms with E-state index in [0.29, 0.717) is 18.3 Å². The third-order valence-electron chi connectivity index (χ3n) is 1.44. The molecule has 0 N–H and O–H groups in total. The van der Waals surface area contributed by atoms with Gasteiger partial charge in [-0.1, -0.05) is 11.8 Å². The summed E-state index contributed by atoms with van der Waals surface area (Å²) in [7, 11) is 1.60. The number of thioether (sulfide) groups is 1. The Balaban J connectivity index is 2.49. The third kappa shape index (κ3) is 3.35. The van der Waals surface area contributed by atoms with Crippen LogP contribution in [0.15, 0.2) is 11.5 Å². The van der Waals surface area contributed by atoms with E-state index in [1.807, 2.05) is 0 Å². The average Bonchev–Trinajstić information content (AvgIpc) is 2.58. The van der Waals surface area contributed by atoms with Gasteiger partial charge in [0, 0.05) is 19.4 Å². The molecule has 0 saturated heterocycles. The highest BCUT2D eigenvalue weighted by Gasteiger charge is 2.03.